The second-order valence-electron chi connectivity index (χ2n) is 9.41. The molecule has 0 spiro atoms. The van der Waals surface area contributed by atoms with E-state index in [2.05, 4.69) is 5.32 Å². The molecule has 1 N–H and O–H groups in total. The van der Waals surface area contributed by atoms with E-state index < -0.39 is 6.04 Å². The van der Waals surface area contributed by atoms with Crippen molar-refractivity contribution in [3.63, 3.8) is 0 Å². The van der Waals surface area contributed by atoms with E-state index in [1.54, 1.807) is 17.0 Å². The number of thioether (sulfide) groups is 1. The molecule has 4 rings (SSSR count). The van der Waals surface area contributed by atoms with E-state index in [1.807, 2.05) is 66.7 Å². The van der Waals surface area contributed by atoms with Crippen LogP contribution in [-0.2, 0) is 22.6 Å². The molecule has 37 heavy (non-hydrogen) atoms. The van der Waals surface area contributed by atoms with Gasteiger partial charge in [0.15, 0.2) is 0 Å². The lowest BCUT2D eigenvalue weighted by Gasteiger charge is -2.33. The maximum Gasteiger partial charge on any atom is 0.243 e. The minimum absolute atomic E-state index is 0.111. The van der Waals surface area contributed by atoms with Gasteiger partial charge in [-0.15, -0.1) is 11.8 Å². The lowest BCUT2D eigenvalue weighted by Crippen LogP contribution is -2.53. The van der Waals surface area contributed by atoms with Crippen molar-refractivity contribution >= 4 is 46.8 Å². The van der Waals surface area contributed by atoms with E-state index in [0.29, 0.717) is 16.5 Å². The van der Waals surface area contributed by atoms with Crippen LogP contribution in [-0.4, -0.2) is 34.6 Å². The van der Waals surface area contributed by atoms with Crippen molar-refractivity contribution in [1.82, 2.24) is 10.2 Å². The SMILES string of the molecule is O=C(NC1CCCCC1)C(Cc1ccccc1)N(Cc1ccc(Cl)cc1Cl)C(=O)CSc1ccccc1. The number of carbonyl (C=O) groups excluding carboxylic acids is 2. The Morgan fingerprint density at radius 3 is 2.27 bits per heavy atom. The third kappa shape index (κ3) is 8.26. The summed E-state index contributed by atoms with van der Waals surface area (Å²) in [5.74, 6) is -0.00415. The molecular formula is C30H32Cl2N2O2S. The third-order valence-corrected chi connectivity index (χ3v) is 8.27. The molecule has 1 aliphatic carbocycles. The Balaban J connectivity index is 1.63. The summed E-state index contributed by atoms with van der Waals surface area (Å²) in [6.45, 7) is 0.222. The van der Waals surface area contributed by atoms with E-state index in [1.165, 1.54) is 18.2 Å². The summed E-state index contributed by atoms with van der Waals surface area (Å²) in [7, 11) is 0. The zero-order valence-corrected chi connectivity index (χ0v) is 23.1. The van der Waals surface area contributed by atoms with E-state index in [4.69, 9.17) is 23.2 Å². The molecule has 3 aromatic carbocycles. The molecule has 1 unspecified atom stereocenters. The number of carbonyl (C=O) groups is 2. The molecule has 194 valence electrons. The van der Waals surface area contributed by atoms with Crippen molar-refractivity contribution in [2.24, 2.45) is 0 Å². The van der Waals surface area contributed by atoms with Crippen LogP contribution in [0, 0.1) is 0 Å². The highest BCUT2D eigenvalue weighted by Crippen LogP contribution is 2.26. The first-order valence-electron chi connectivity index (χ1n) is 12.7. The summed E-state index contributed by atoms with van der Waals surface area (Å²) >= 11 is 14.1. The maximum atomic E-state index is 13.8. The first kappa shape index (κ1) is 27.6. The highest BCUT2D eigenvalue weighted by Gasteiger charge is 2.32. The second kappa shape index (κ2) is 13.9. The monoisotopic (exact) mass is 554 g/mol. The Morgan fingerprint density at radius 2 is 1.59 bits per heavy atom. The average Bonchev–Trinajstić information content (AvgIpc) is 2.92. The summed E-state index contributed by atoms with van der Waals surface area (Å²) in [6.07, 6.45) is 5.81. The molecule has 4 nitrogen and oxygen atoms in total. The van der Waals surface area contributed by atoms with E-state index in [9.17, 15) is 9.59 Å². The summed E-state index contributed by atoms with van der Waals surface area (Å²) in [6, 6.07) is 24.4. The van der Waals surface area contributed by atoms with Crippen LogP contribution in [0.1, 0.15) is 43.2 Å². The van der Waals surface area contributed by atoms with Gasteiger partial charge in [0.2, 0.25) is 11.8 Å². The van der Waals surface area contributed by atoms with E-state index >= 15 is 0 Å². The number of benzene rings is 3. The lowest BCUT2D eigenvalue weighted by molar-refractivity contribution is -0.139. The normalized spacial score (nSPS) is 14.6. The number of halogens is 2. The molecule has 3 aromatic rings. The van der Waals surface area contributed by atoms with Crippen LogP contribution >= 0.6 is 35.0 Å². The predicted octanol–water partition coefficient (Wildman–Crippen LogP) is 7.17. The van der Waals surface area contributed by atoms with Crippen LogP contribution in [0.2, 0.25) is 10.0 Å². The topological polar surface area (TPSA) is 49.4 Å². The molecular weight excluding hydrogens is 523 g/mol. The summed E-state index contributed by atoms with van der Waals surface area (Å²) in [4.78, 5) is 30.3. The zero-order chi connectivity index (χ0) is 26.0. The lowest BCUT2D eigenvalue weighted by atomic mass is 9.94. The van der Waals surface area contributed by atoms with Gasteiger partial charge >= 0.3 is 0 Å². The van der Waals surface area contributed by atoms with Crippen molar-refractivity contribution in [3.8, 4) is 0 Å². The average molecular weight is 556 g/mol. The fourth-order valence-corrected chi connectivity index (χ4v) is 5.95. The highest BCUT2D eigenvalue weighted by atomic mass is 35.5. The van der Waals surface area contributed by atoms with Crippen LogP contribution in [0.5, 0.6) is 0 Å². The molecule has 2 amide bonds. The molecule has 1 aliphatic rings. The molecule has 1 atom stereocenters. The van der Waals surface area contributed by atoms with Crippen molar-refractivity contribution in [1.29, 1.82) is 0 Å². The van der Waals surface area contributed by atoms with Crippen molar-refractivity contribution in [2.75, 3.05) is 5.75 Å². The van der Waals surface area contributed by atoms with Gasteiger partial charge < -0.3 is 10.2 Å². The van der Waals surface area contributed by atoms with Crippen LogP contribution in [0.3, 0.4) is 0 Å². The molecule has 7 heteroatoms. The van der Waals surface area contributed by atoms with Gasteiger partial charge in [0.05, 0.1) is 5.75 Å². The Morgan fingerprint density at radius 1 is 0.919 bits per heavy atom. The van der Waals surface area contributed by atoms with Gasteiger partial charge in [-0.2, -0.15) is 0 Å². The van der Waals surface area contributed by atoms with Crippen LogP contribution in [0.15, 0.2) is 83.8 Å². The van der Waals surface area contributed by atoms with Gasteiger partial charge in [0.1, 0.15) is 6.04 Å². The van der Waals surface area contributed by atoms with Gasteiger partial charge in [-0.1, -0.05) is 97.1 Å². The fraction of sp³-hybridized carbons (Fsp3) is 0.333. The highest BCUT2D eigenvalue weighted by molar-refractivity contribution is 8.00. The first-order valence-corrected chi connectivity index (χ1v) is 14.5. The Bertz CT molecular complexity index is 1170. The van der Waals surface area contributed by atoms with Crippen LogP contribution in [0.25, 0.3) is 0 Å². The van der Waals surface area contributed by atoms with Crippen molar-refractivity contribution in [3.05, 3.63) is 100 Å². The largest absolute Gasteiger partial charge is 0.352 e. The smallest absolute Gasteiger partial charge is 0.243 e. The predicted molar refractivity (Wildman–Crippen MR) is 153 cm³/mol. The molecule has 0 saturated heterocycles. The third-order valence-electron chi connectivity index (χ3n) is 6.68. The Labute approximate surface area is 233 Å². The maximum absolute atomic E-state index is 13.8. The van der Waals surface area contributed by atoms with Gasteiger partial charge in [0, 0.05) is 33.9 Å². The van der Waals surface area contributed by atoms with Crippen molar-refractivity contribution in [2.45, 2.75) is 62.0 Å². The Hall–Kier alpha value is -2.47. The number of nitrogens with zero attached hydrogens (tertiary/aromatic N) is 1. The van der Waals surface area contributed by atoms with E-state index in [-0.39, 0.29) is 30.2 Å². The number of amides is 2. The van der Waals surface area contributed by atoms with Gasteiger partial charge in [-0.05, 0) is 48.2 Å². The number of hydrogen-bond acceptors (Lipinski definition) is 3. The minimum atomic E-state index is -0.667. The summed E-state index contributed by atoms with van der Waals surface area (Å²) < 4.78 is 0. The summed E-state index contributed by atoms with van der Waals surface area (Å²) in [5.41, 5.74) is 1.76. The first-order chi connectivity index (χ1) is 18.0. The van der Waals surface area contributed by atoms with E-state index in [0.717, 1.165) is 41.7 Å². The number of nitrogens with one attached hydrogen (secondary N) is 1. The quantitative estimate of drug-likeness (QED) is 0.270. The molecule has 0 aromatic heterocycles. The fourth-order valence-electron chi connectivity index (χ4n) is 4.68. The summed E-state index contributed by atoms with van der Waals surface area (Å²) in [5, 5.41) is 4.27. The van der Waals surface area contributed by atoms with Gasteiger partial charge in [-0.25, -0.2) is 0 Å². The standard InChI is InChI=1S/C30H32Cl2N2O2S/c31-24-17-16-23(27(32)19-24)20-34(29(35)21-37-26-14-8-3-9-15-26)28(18-22-10-4-1-5-11-22)30(36)33-25-12-6-2-7-13-25/h1,3-5,8-11,14-17,19,25,28H,2,6-7,12-13,18,20-21H2,(H,33,36). The van der Waals surface area contributed by atoms with Gasteiger partial charge in [0.25, 0.3) is 0 Å². The number of rotatable bonds is 10. The molecule has 1 saturated carbocycles. The van der Waals surface area contributed by atoms with Crippen molar-refractivity contribution < 1.29 is 9.59 Å². The molecule has 0 radical (unpaired) electrons. The van der Waals surface area contributed by atoms with Gasteiger partial charge in [-0.3, -0.25) is 9.59 Å². The van der Waals surface area contributed by atoms with Crippen LogP contribution in [0.4, 0.5) is 0 Å². The molecule has 0 heterocycles. The molecule has 0 bridgehead atoms. The molecule has 0 aliphatic heterocycles. The number of hydrogen-bond donors (Lipinski definition) is 1. The second-order valence-corrected chi connectivity index (χ2v) is 11.3. The zero-order valence-electron chi connectivity index (χ0n) is 20.7. The minimum Gasteiger partial charge on any atom is -0.352 e. The Kier molecular flexibility index (Phi) is 10.4. The molecule has 1 fully saturated rings. The van der Waals surface area contributed by atoms with Crippen LogP contribution < -0.4 is 5.32 Å².